The summed E-state index contributed by atoms with van der Waals surface area (Å²) in [5, 5.41) is 1.47. The summed E-state index contributed by atoms with van der Waals surface area (Å²) in [6.45, 7) is 10.8. The normalized spacial score (nSPS) is 12.4. The van der Waals surface area contributed by atoms with Crippen LogP contribution in [0.15, 0.2) is 47.4 Å². The lowest BCUT2D eigenvalue weighted by molar-refractivity contribution is 0.347. The number of aromatic amines is 1. The summed E-state index contributed by atoms with van der Waals surface area (Å²) in [7, 11) is 0. The van der Waals surface area contributed by atoms with E-state index in [-0.39, 0.29) is 12.3 Å². The Morgan fingerprint density at radius 3 is 2.77 bits per heavy atom. The number of benzene rings is 1. The predicted molar refractivity (Wildman–Crippen MR) is 90.8 cm³/mol. The lowest BCUT2D eigenvalue weighted by atomic mass is 10.1. The van der Waals surface area contributed by atoms with Gasteiger partial charge in [-0.2, -0.15) is 0 Å². The Balaban J connectivity index is 2.30. The smallest absolute Gasteiger partial charge is 0.147 e. The first-order valence-corrected chi connectivity index (χ1v) is 7.26. The number of halogens is 2. The molecule has 0 radical (unpaired) electrons. The molecule has 0 bridgehead atoms. The van der Waals surface area contributed by atoms with Crippen LogP contribution in [-0.4, -0.2) is 18.3 Å². The maximum absolute atomic E-state index is 13.5. The monoisotopic (exact) mass is 320 g/mol. The quantitative estimate of drug-likeness (QED) is 0.562. The largest absolute Gasteiger partial charge is 0.486 e. The minimum atomic E-state index is -0.561. The minimum Gasteiger partial charge on any atom is -0.486 e. The fourth-order valence-corrected chi connectivity index (χ4v) is 2.26. The zero-order valence-electron chi connectivity index (χ0n) is 12.6. The van der Waals surface area contributed by atoms with E-state index in [4.69, 9.17) is 16.3 Å². The molecule has 0 atom stereocenters. The first-order chi connectivity index (χ1) is 10.5. The van der Waals surface area contributed by atoms with Crippen LogP contribution in [-0.2, 0) is 0 Å². The van der Waals surface area contributed by atoms with Crippen molar-refractivity contribution in [3.8, 4) is 5.75 Å². The highest BCUT2D eigenvalue weighted by Gasteiger charge is 2.10. The van der Waals surface area contributed by atoms with Crippen LogP contribution in [0.4, 0.5) is 4.39 Å². The van der Waals surface area contributed by atoms with E-state index in [1.54, 1.807) is 6.07 Å². The number of hydrogen-bond donors (Lipinski definition) is 1. The van der Waals surface area contributed by atoms with Crippen LogP contribution in [0.5, 0.6) is 5.75 Å². The molecule has 1 aromatic heterocycles. The zero-order chi connectivity index (χ0) is 16.3. The van der Waals surface area contributed by atoms with Crippen molar-refractivity contribution in [2.75, 3.05) is 6.61 Å². The number of hydrogen-bond acceptors (Lipinski definition) is 2. The molecule has 2 aromatic rings. The predicted octanol–water partition coefficient (Wildman–Crippen LogP) is 5.39. The van der Waals surface area contributed by atoms with Crippen LogP contribution in [0, 0.1) is 0 Å². The number of allylic oxidation sites excluding steroid dienone is 2. The Bertz CT molecular complexity index is 746. The first-order valence-electron chi connectivity index (χ1n) is 6.89. The van der Waals surface area contributed by atoms with Gasteiger partial charge in [-0.25, -0.2) is 4.39 Å². The number of aromatic nitrogens is 1. The van der Waals surface area contributed by atoms with Crippen molar-refractivity contribution in [2.24, 2.45) is 4.99 Å². The number of nitrogens with one attached hydrogen (secondary N) is 1. The molecule has 0 unspecified atom stereocenters. The number of H-pyrrole nitrogens is 1. The van der Waals surface area contributed by atoms with E-state index in [9.17, 15) is 4.39 Å². The molecule has 5 heteroatoms. The standard InChI is InChI=1S/C17H18ClFN2O/c1-5-13(19)16(20-4)9-22-17-8-15-11(6-12(17)18)7-14(21-15)10(2)3/h5-8,10,21H,1,4,9H2,2-3H3/b16-13+. The second-order valence-corrected chi connectivity index (χ2v) is 5.60. The molecule has 2 rings (SSSR count). The first kappa shape index (κ1) is 16.3. The Hall–Kier alpha value is -2.07. The van der Waals surface area contributed by atoms with Crippen molar-refractivity contribution < 1.29 is 9.13 Å². The third-order valence-electron chi connectivity index (χ3n) is 3.33. The second-order valence-electron chi connectivity index (χ2n) is 5.19. The fourth-order valence-electron chi connectivity index (χ4n) is 2.03. The van der Waals surface area contributed by atoms with Gasteiger partial charge in [0.15, 0.2) is 0 Å². The van der Waals surface area contributed by atoms with Crippen molar-refractivity contribution in [2.45, 2.75) is 19.8 Å². The highest BCUT2D eigenvalue weighted by Crippen LogP contribution is 2.32. The van der Waals surface area contributed by atoms with Crippen molar-refractivity contribution >= 4 is 29.2 Å². The average molecular weight is 321 g/mol. The van der Waals surface area contributed by atoms with E-state index in [2.05, 4.69) is 43.2 Å². The van der Waals surface area contributed by atoms with Crippen molar-refractivity contribution in [1.29, 1.82) is 0 Å². The van der Waals surface area contributed by atoms with Gasteiger partial charge >= 0.3 is 0 Å². The molecular formula is C17H18ClFN2O. The molecule has 22 heavy (non-hydrogen) atoms. The summed E-state index contributed by atoms with van der Waals surface area (Å²) in [4.78, 5) is 6.92. The minimum absolute atomic E-state index is 0.0652. The Morgan fingerprint density at radius 1 is 1.45 bits per heavy atom. The SMILES string of the molecule is C=C/C(F)=C(/COc1cc2[nH]c(C(C)C)cc2cc1Cl)N=C. The molecule has 1 N–H and O–H groups in total. The molecule has 0 aliphatic carbocycles. The van der Waals surface area contributed by atoms with Crippen molar-refractivity contribution in [3.63, 3.8) is 0 Å². The molecule has 0 amide bonds. The van der Waals surface area contributed by atoms with Gasteiger partial charge in [-0.05, 0) is 30.8 Å². The summed E-state index contributed by atoms with van der Waals surface area (Å²) >= 11 is 6.22. The molecule has 0 aliphatic rings. The Labute approximate surface area is 134 Å². The summed E-state index contributed by atoms with van der Waals surface area (Å²) < 4.78 is 19.0. The lowest BCUT2D eigenvalue weighted by Crippen LogP contribution is -2.01. The van der Waals surface area contributed by atoms with E-state index in [1.165, 1.54) is 0 Å². The van der Waals surface area contributed by atoms with E-state index in [0.717, 1.165) is 22.7 Å². The number of aliphatic imine (C=N–C) groups is 1. The number of nitrogens with zero attached hydrogens (tertiary/aromatic N) is 1. The molecule has 0 fully saturated rings. The summed E-state index contributed by atoms with van der Waals surface area (Å²) in [5.41, 5.74) is 2.12. The van der Waals surface area contributed by atoms with Crippen LogP contribution < -0.4 is 4.74 Å². The third-order valence-corrected chi connectivity index (χ3v) is 3.62. The van der Waals surface area contributed by atoms with E-state index < -0.39 is 5.83 Å². The van der Waals surface area contributed by atoms with Crippen LogP contribution >= 0.6 is 11.6 Å². The molecule has 1 aromatic carbocycles. The average Bonchev–Trinajstić information content (AvgIpc) is 2.90. The zero-order valence-corrected chi connectivity index (χ0v) is 13.4. The Morgan fingerprint density at radius 2 is 2.18 bits per heavy atom. The molecular weight excluding hydrogens is 303 g/mol. The van der Waals surface area contributed by atoms with E-state index >= 15 is 0 Å². The molecule has 3 nitrogen and oxygen atoms in total. The van der Waals surface area contributed by atoms with Crippen LogP contribution in [0.3, 0.4) is 0 Å². The molecule has 1 heterocycles. The van der Waals surface area contributed by atoms with Gasteiger partial charge in [0.2, 0.25) is 0 Å². The van der Waals surface area contributed by atoms with Gasteiger partial charge in [0.05, 0.1) is 5.02 Å². The molecule has 0 spiro atoms. The van der Waals surface area contributed by atoms with Crippen LogP contribution in [0.1, 0.15) is 25.5 Å². The third kappa shape index (κ3) is 3.39. The maximum Gasteiger partial charge on any atom is 0.147 e. The lowest BCUT2D eigenvalue weighted by Gasteiger charge is -2.08. The van der Waals surface area contributed by atoms with Gasteiger partial charge in [0.25, 0.3) is 0 Å². The van der Waals surface area contributed by atoms with Crippen molar-refractivity contribution in [1.82, 2.24) is 4.98 Å². The van der Waals surface area contributed by atoms with Gasteiger partial charge in [-0.3, -0.25) is 4.99 Å². The topological polar surface area (TPSA) is 37.4 Å². The van der Waals surface area contributed by atoms with Gasteiger partial charge < -0.3 is 9.72 Å². The summed E-state index contributed by atoms with van der Waals surface area (Å²) in [6, 6.07) is 5.68. The van der Waals surface area contributed by atoms with Crippen LogP contribution in [0.25, 0.3) is 10.9 Å². The summed E-state index contributed by atoms with van der Waals surface area (Å²) in [6.07, 6.45) is 1.07. The van der Waals surface area contributed by atoms with E-state index in [1.807, 2.05) is 6.07 Å². The molecule has 0 saturated heterocycles. The molecule has 0 saturated carbocycles. The summed E-state index contributed by atoms with van der Waals surface area (Å²) in [5.74, 6) is 0.287. The number of fused-ring (bicyclic) bond motifs is 1. The van der Waals surface area contributed by atoms with Crippen molar-refractivity contribution in [3.05, 3.63) is 53.1 Å². The second kappa shape index (κ2) is 6.79. The molecule has 116 valence electrons. The highest BCUT2D eigenvalue weighted by molar-refractivity contribution is 6.32. The van der Waals surface area contributed by atoms with Gasteiger partial charge in [-0.1, -0.05) is 32.0 Å². The number of ether oxygens (including phenoxy) is 1. The van der Waals surface area contributed by atoms with Crippen LogP contribution in [0.2, 0.25) is 5.02 Å². The maximum atomic E-state index is 13.5. The number of rotatable bonds is 6. The molecule has 0 aliphatic heterocycles. The fraction of sp³-hybridized carbons (Fsp3) is 0.235. The van der Waals surface area contributed by atoms with E-state index in [0.29, 0.717) is 16.7 Å². The van der Waals surface area contributed by atoms with Gasteiger partial charge in [0, 0.05) is 22.7 Å². The van der Waals surface area contributed by atoms with Gasteiger partial charge in [0.1, 0.15) is 23.9 Å². The Kier molecular flexibility index (Phi) is 5.03. The van der Waals surface area contributed by atoms with Gasteiger partial charge in [-0.15, -0.1) is 0 Å². The highest BCUT2D eigenvalue weighted by atomic mass is 35.5.